The third kappa shape index (κ3) is 11.5. The van der Waals surface area contributed by atoms with Crippen LogP contribution >= 0.6 is 0 Å². The second-order valence-corrected chi connectivity index (χ2v) is 1.01. The monoisotopic (exact) mass is 261 g/mol. The number of aliphatic carboxylic acids is 2. The molecule has 0 aromatic carbocycles. The van der Waals surface area contributed by atoms with Crippen LogP contribution in [0.5, 0.6) is 0 Å². The number of carbonyl (C=O) groups is 2. The van der Waals surface area contributed by atoms with Gasteiger partial charge in [0.15, 0.2) is 0 Å². The number of hydrogen-bond acceptors (Lipinski definition) is 2. The topological polar surface area (TPSA) is 74.6 Å². The van der Waals surface area contributed by atoms with E-state index in [0.29, 0.717) is 12.2 Å². The van der Waals surface area contributed by atoms with Crippen LogP contribution in [0.1, 0.15) is 0 Å². The van der Waals surface area contributed by atoms with Crippen LogP contribution in [0.25, 0.3) is 0 Å². The average Bonchev–Trinajstić information content (AvgIpc) is 1.61. The Balaban J connectivity index is 0. The molecule has 0 bridgehead atoms. The Kier molecular flexibility index (Phi) is 8.03. The van der Waals surface area contributed by atoms with Crippen molar-refractivity contribution in [2.24, 2.45) is 0 Å². The van der Waals surface area contributed by atoms with E-state index in [1.165, 1.54) is 0 Å². The van der Waals surface area contributed by atoms with E-state index in [-0.39, 0.29) is 40.4 Å². The Bertz CT molecular complexity index is 124. The molecule has 4 nitrogen and oxygen atoms in total. The number of carboxylic acid groups (broad SMARTS) is 2. The van der Waals surface area contributed by atoms with Gasteiger partial charge in [-0.3, -0.25) is 0 Å². The molecule has 0 aromatic rings. The van der Waals surface area contributed by atoms with Gasteiger partial charge >= 0.3 is 11.9 Å². The van der Waals surface area contributed by atoms with Crippen LogP contribution in [0.4, 0.5) is 0 Å². The Morgan fingerprint density at radius 3 is 1.33 bits per heavy atom. The van der Waals surface area contributed by atoms with Crippen LogP contribution in [-0.2, 0) is 9.59 Å². The van der Waals surface area contributed by atoms with Crippen molar-refractivity contribution in [2.75, 3.05) is 0 Å². The van der Waals surface area contributed by atoms with E-state index in [2.05, 4.69) is 0 Å². The van der Waals surface area contributed by atoms with Gasteiger partial charge < -0.3 is 10.2 Å². The van der Waals surface area contributed by atoms with Crippen molar-refractivity contribution in [3.05, 3.63) is 12.2 Å². The van der Waals surface area contributed by atoms with Gasteiger partial charge in [-0.1, -0.05) is 0 Å². The SMILES string of the molecule is O=C(O)/C=C\C(=O)O.[Pm]. The minimum Gasteiger partial charge on any atom is -0.478 e. The van der Waals surface area contributed by atoms with Gasteiger partial charge in [-0.25, -0.2) is 9.59 Å². The fourth-order valence-corrected chi connectivity index (χ4v) is 0.143. The predicted octanol–water partition coefficient (Wildman–Crippen LogP) is -0.288. The van der Waals surface area contributed by atoms with Gasteiger partial charge in [0, 0.05) is 52.5 Å². The van der Waals surface area contributed by atoms with E-state index in [0.717, 1.165) is 0 Å². The third-order valence-electron chi connectivity index (χ3n) is 0.368. The first-order chi connectivity index (χ1) is 3.63. The molecule has 1 radical (unpaired) electrons. The smallest absolute Gasteiger partial charge is 0.328 e. The molecular weight excluding hydrogens is 257 g/mol. The molecule has 0 rings (SSSR count). The van der Waals surface area contributed by atoms with Gasteiger partial charge in [0.25, 0.3) is 0 Å². The molecule has 9 heavy (non-hydrogen) atoms. The predicted molar refractivity (Wildman–Crippen MR) is 24.4 cm³/mol. The first kappa shape index (κ1) is 11.8. The van der Waals surface area contributed by atoms with Crippen LogP contribution in [-0.4, -0.2) is 22.2 Å². The molecule has 0 amide bonds. The van der Waals surface area contributed by atoms with Crippen molar-refractivity contribution >= 4 is 11.9 Å². The standard InChI is InChI=1S/C4H4O4.Pm/c5-3(6)1-2-4(7)8;/h1-2H,(H,5,6)(H,7,8);/b2-1-;. The molecule has 0 heterocycles. The summed E-state index contributed by atoms with van der Waals surface area (Å²) in [6.45, 7) is 0. The molecule has 0 aliphatic rings. The third-order valence-corrected chi connectivity index (χ3v) is 0.368. The second kappa shape index (κ2) is 6.14. The van der Waals surface area contributed by atoms with Crippen LogP contribution < -0.4 is 0 Å². The Morgan fingerprint density at radius 1 is 1.00 bits per heavy atom. The summed E-state index contributed by atoms with van der Waals surface area (Å²) in [5.41, 5.74) is 0. The van der Waals surface area contributed by atoms with E-state index in [1.54, 1.807) is 0 Å². The van der Waals surface area contributed by atoms with Gasteiger partial charge in [-0.2, -0.15) is 0 Å². The molecule has 0 unspecified atom stereocenters. The zero-order chi connectivity index (χ0) is 6.57. The summed E-state index contributed by atoms with van der Waals surface area (Å²) >= 11 is 0. The minimum absolute atomic E-state index is 0. The average molecular weight is 261 g/mol. The number of carboxylic acids is 2. The number of hydrogen-bond donors (Lipinski definition) is 2. The molecule has 2 N–H and O–H groups in total. The maximum Gasteiger partial charge on any atom is 0.328 e. The Morgan fingerprint density at radius 2 is 1.22 bits per heavy atom. The normalized spacial score (nSPS) is 8.44. The molecule has 5 heteroatoms. The maximum atomic E-state index is 9.55. The summed E-state index contributed by atoms with van der Waals surface area (Å²) in [5.74, 6) is -2.51. The van der Waals surface area contributed by atoms with Gasteiger partial charge in [-0.15, -0.1) is 0 Å². The molecule has 0 spiro atoms. The van der Waals surface area contributed by atoms with Gasteiger partial charge in [0.2, 0.25) is 0 Å². The molecular formula is C4H4O4Pm. The fourth-order valence-electron chi connectivity index (χ4n) is 0.143. The summed E-state index contributed by atoms with van der Waals surface area (Å²) < 4.78 is 0. The van der Waals surface area contributed by atoms with Crippen LogP contribution in [0.3, 0.4) is 0 Å². The van der Waals surface area contributed by atoms with Crippen molar-refractivity contribution < 1.29 is 60.2 Å². The van der Waals surface area contributed by atoms with Crippen molar-refractivity contribution in [1.82, 2.24) is 0 Å². The summed E-state index contributed by atoms with van der Waals surface area (Å²) in [5, 5.41) is 15.6. The van der Waals surface area contributed by atoms with Crippen LogP contribution in [0, 0.1) is 40.4 Å². The Labute approximate surface area is 83.7 Å². The van der Waals surface area contributed by atoms with E-state index in [4.69, 9.17) is 10.2 Å². The van der Waals surface area contributed by atoms with Crippen molar-refractivity contribution in [3.63, 3.8) is 0 Å². The molecule has 0 atom stereocenters. The van der Waals surface area contributed by atoms with Gasteiger partial charge in [0.1, 0.15) is 0 Å². The maximum absolute atomic E-state index is 9.55. The largest absolute Gasteiger partial charge is 0.478 e. The van der Waals surface area contributed by atoms with E-state index in [1.807, 2.05) is 0 Å². The summed E-state index contributed by atoms with van der Waals surface area (Å²) in [6, 6.07) is 0. The second-order valence-electron chi connectivity index (χ2n) is 1.01. The van der Waals surface area contributed by atoms with Crippen LogP contribution in [0.15, 0.2) is 12.2 Å². The first-order valence-corrected chi connectivity index (χ1v) is 1.77. The first-order valence-electron chi connectivity index (χ1n) is 1.77. The van der Waals surface area contributed by atoms with Gasteiger partial charge in [0.05, 0.1) is 0 Å². The minimum atomic E-state index is -1.26. The van der Waals surface area contributed by atoms with Crippen LogP contribution in [0.2, 0.25) is 0 Å². The molecule has 0 aliphatic carbocycles. The quantitative estimate of drug-likeness (QED) is 0.670. The molecule has 49 valence electrons. The number of rotatable bonds is 2. The molecule has 0 aromatic heterocycles. The zero-order valence-corrected chi connectivity index (χ0v) is 7.18. The van der Waals surface area contributed by atoms with Crippen molar-refractivity contribution in [2.45, 2.75) is 0 Å². The summed E-state index contributed by atoms with van der Waals surface area (Å²) in [7, 11) is 0. The molecule has 0 fully saturated rings. The zero-order valence-electron chi connectivity index (χ0n) is 4.31. The molecule has 0 saturated heterocycles. The van der Waals surface area contributed by atoms with Crippen molar-refractivity contribution in [3.8, 4) is 0 Å². The molecule has 0 aliphatic heterocycles. The van der Waals surface area contributed by atoms with E-state index < -0.39 is 11.9 Å². The van der Waals surface area contributed by atoms with Crippen molar-refractivity contribution in [1.29, 1.82) is 0 Å². The fraction of sp³-hybridized carbons (Fsp3) is 0. The molecule has 0 saturated carbocycles. The summed E-state index contributed by atoms with van der Waals surface area (Å²) in [4.78, 5) is 19.1. The van der Waals surface area contributed by atoms with Gasteiger partial charge in [-0.05, 0) is 0 Å². The van der Waals surface area contributed by atoms with E-state index in [9.17, 15) is 9.59 Å². The Hall–Kier alpha value is 0.0177. The summed E-state index contributed by atoms with van der Waals surface area (Å²) in [6.07, 6.45) is 1.12. The van der Waals surface area contributed by atoms with E-state index >= 15 is 0 Å².